The highest BCUT2D eigenvalue weighted by Gasteiger charge is 2.28. The van der Waals surface area contributed by atoms with E-state index in [1.165, 1.54) is 18.6 Å². The Morgan fingerprint density at radius 2 is 2.39 bits per heavy atom. The standard InChI is InChI=1S/C14H19BrFNS/c1-2-7-17-14(13-4-3-8-18-13)11-9-10(15)5-6-12(11)16/h5-6,9,13-14,17H,2-4,7-8H2,1H3. The average molecular weight is 332 g/mol. The summed E-state index contributed by atoms with van der Waals surface area (Å²) < 4.78 is 15.0. The van der Waals surface area contributed by atoms with Crippen molar-refractivity contribution >= 4 is 27.7 Å². The second-order valence-corrected chi connectivity index (χ2v) is 6.91. The van der Waals surface area contributed by atoms with Crippen LogP contribution in [0.25, 0.3) is 0 Å². The highest BCUT2D eigenvalue weighted by molar-refractivity contribution is 9.10. The van der Waals surface area contributed by atoms with Crippen molar-refractivity contribution in [3.63, 3.8) is 0 Å². The van der Waals surface area contributed by atoms with Gasteiger partial charge < -0.3 is 5.32 Å². The molecule has 1 aliphatic rings. The maximum Gasteiger partial charge on any atom is 0.128 e. The molecule has 2 unspecified atom stereocenters. The van der Waals surface area contributed by atoms with Gasteiger partial charge >= 0.3 is 0 Å². The highest BCUT2D eigenvalue weighted by atomic mass is 79.9. The van der Waals surface area contributed by atoms with Crippen molar-refractivity contribution in [3.05, 3.63) is 34.1 Å². The molecule has 4 heteroatoms. The number of halogens is 2. The topological polar surface area (TPSA) is 12.0 Å². The van der Waals surface area contributed by atoms with Gasteiger partial charge in [-0.2, -0.15) is 11.8 Å². The van der Waals surface area contributed by atoms with Crippen LogP contribution in [-0.4, -0.2) is 17.5 Å². The molecule has 18 heavy (non-hydrogen) atoms. The van der Waals surface area contributed by atoms with Crippen LogP contribution < -0.4 is 5.32 Å². The fraction of sp³-hybridized carbons (Fsp3) is 0.571. The van der Waals surface area contributed by atoms with E-state index in [2.05, 4.69) is 28.2 Å². The van der Waals surface area contributed by atoms with Crippen molar-refractivity contribution in [1.29, 1.82) is 0 Å². The second kappa shape index (κ2) is 6.92. The number of nitrogens with one attached hydrogen (secondary N) is 1. The van der Waals surface area contributed by atoms with Crippen molar-refractivity contribution in [3.8, 4) is 0 Å². The summed E-state index contributed by atoms with van der Waals surface area (Å²) in [6.07, 6.45) is 3.50. The van der Waals surface area contributed by atoms with Gasteiger partial charge in [-0.3, -0.25) is 0 Å². The fourth-order valence-electron chi connectivity index (χ4n) is 2.36. The third-order valence-corrected chi connectivity index (χ3v) is 5.20. The van der Waals surface area contributed by atoms with Gasteiger partial charge in [0.2, 0.25) is 0 Å². The lowest BCUT2D eigenvalue weighted by molar-refractivity contribution is 0.477. The molecule has 2 rings (SSSR count). The van der Waals surface area contributed by atoms with Gasteiger partial charge in [0, 0.05) is 21.3 Å². The third-order valence-electron chi connectivity index (χ3n) is 3.24. The van der Waals surface area contributed by atoms with E-state index in [1.807, 2.05) is 17.8 Å². The normalized spacial score (nSPS) is 21.2. The third kappa shape index (κ3) is 3.49. The molecule has 0 aromatic heterocycles. The summed E-state index contributed by atoms with van der Waals surface area (Å²) in [6.45, 7) is 3.08. The number of hydrogen-bond donors (Lipinski definition) is 1. The van der Waals surface area contributed by atoms with Crippen LogP contribution in [0.4, 0.5) is 4.39 Å². The van der Waals surface area contributed by atoms with Crippen LogP contribution in [0.15, 0.2) is 22.7 Å². The van der Waals surface area contributed by atoms with Crippen LogP contribution in [0, 0.1) is 5.82 Å². The molecule has 1 heterocycles. The Morgan fingerprint density at radius 3 is 3.06 bits per heavy atom. The summed E-state index contributed by atoms with van der Waals surface area (Å²) in [7, 11) is 0. The molecule has 0 spiro atoms. The molecule has 0 aliphatic carbocycles. The predicted molar refractivity (Wildman–Crippen MR) is 80.6 cm³/mol. The first kappa shape index (κ1) is 14.4. The van der Waals surface area contributed by atoms with Crippen molar-refractivity contribution in [2.45, 2.75) is 37.5 Å². The number of benzene rings is 1. The van der Waals surface area contributed by atoms with Crippen LogP contribution in [0.3, 0.4) is 0 Å². The average Bonchev–Trinajstić information content (AvgIpc) is 2.88. The summed E-state index contributed by atoms with van der Waals surface area (Å²) in [6, 6.07) is 5.37. The Kier molecular flexibility index (Phi) is 5.52. The largest absolute Gasteiger partial charge is 0.309 e. The minimum Gasteiger partial charge on any atom is -0.309 e. The first-order valence-corrected chi connectivity index (χ1v) is 8.36. The molecule has 1 N–H and O–H groups in total. The van der Waals surface area contributed by atoms with Crippen LogP contribution in [0.1, 0.15) is 37.8 Å². The first-order chi connectivity index (χ1) is 8.72. The minimum atomic E-state index is -0.0979. The van der Waals surface area contributed by atoms with E-state index in [-0.39, 0.29) is 11.9 Å². The Labute approximate surface area is 121 Å². The van der Waals surface area contributed by atoms with Crippen LogP contribution >= 0.6 is 27.7 Å². The zero-order chi connectivity index (χ0) is 13.0. The second-order valence-electron chi connectivity index (χ2n) is 4.65. The molecule has 2 atom stereocenters. The smallest absolute Gasteiger partial charge is 0.128 e. The lowest BCUT2D eigenvalue weighted by Crippen LogP contribution is -2.30. The summed E-state index contributed by atoms with van der Waals surface area (Å²) >= 11 is 5.41. The van der Waals surface area contributed by atoms with Gasteiger partial charge in [0.1, 0.15) is 5.82 Å². The summed E-state index contributed by atoms with van der Waals surface area (Å²) in [5.41, 5.74) is 0.803. The van der Waals surface area contributed by atoms with Gasteiger partial charge in [-0.05, 0) is 49.8 Å². The van der Waals surface area contributed by atoms with Crippen molar-refractivity contribution in [2.75, 3.05) is 12.3 Å². The molecule has 1 fully saturated rings. The molecule has 1 aromatic carbocycles. The molecule has 0 saturated carbocycles. The zero-order valence-electron chi connectivity index (χ0n) is 10.6. The van der Waals surface area contributed by atoms with E-state index in [0.717, 1.165) is 23.0 Å². The summed E-state index contributed by atoms with van der Waals surface area (Å²) in [5, 5.41) is 4.01. The van der Waals surface area contributed by atoms with Crippen LogP contribution in [0.2, 0.25) is 0 Å². The number of hydrogen-bond acceptors (Lipinski definition) is 2. The molecule has 1 saturated heterocycles. The van der Waals surface area contributed by atoms with Crippen LogP contribution in [0.5, 0.6) is 0 Å². The fourth-order valence-corrected chi connectivity index (χ4v) is 4.14. The lowest BCUT2D eigenvalue weighted by Gasteiger charge is -2.25. The predicted octanol–water partition coefficient (Wildman–Crippen LogP) is 4.52. The van der Waals surface area contributed by atoms with E-state index in [4.69, 9.17) is 0 Å². The highest BCUT2D eigenvalue weighted by Crippen LogP contribution is 2.37. The Hall–Kier alpha value is -0.0600. The zero-order valence-corrected chi connectivity index (χ0v) is 13.0. The Bertz CT molecular complexity index is 393. The van der Waals surface area contributed by atoms with E-state index < -0.39 is 0 Å². The van der Waals surface area contributed by atoms with Gasteiger partial charge in [-0.1, -0.05) is 22.9 Å². The molecule has 0 bridgehead atoms. The van der Waals surface area contributed by atoms with Crippen molar-refractivity contribution < 1.29 is 4.39 Å². The van der Waals surface area contributed by atoms with Gasteiger partial charge in [-0.15, -0.1) is 0 Å². The van der Waals surface area contributed by atoms with E-state index in [9.17, 15) is 4.39 Å². The van der Waals surface area contributed by atoms with Gasteiger partial charge in [0.15, 0.2) is 0 Å². The van der Waals surface area contributed by atoms with E-state index >= 15 is 0 Å². The van der Waals surface area contributed by atoms with Crippen molar-refractivity contribution in [2.24, 2.45) is 0 Å². The first-order valence-electron chi connectivity index (χ1n) is 6.52. The van der Waals surface area contributed by atoms with E-state index in [1.54, 1.807) is 12.1 Å². The summed E-state index contributed by atoms with van der Waals surface area (Å²) in [5.74, 6) is 1.10. The maximum atomic E-state index is 14.0. The molecule has 100 valence electrons. The monoisotopic (exact) mass is 331 g/mol. The Balaban J connectivity index is 2.23. The van der Waals surface area contributed by atoms with Gasteiger partial charge in [0.05, 0.1) is 0 Å². The number of rotatable bonds is 5. The molecule has 1 aromatic rings. The molecular weight excluding hydrogens is 313 g/mol. The lowest BCUT2D eigenvalue weighted by atomic mass is 10.00. The molecule has 0 amide bonds. The molecular formula is C14H19BrFNS. The SMILES string of the molecule is CCCNC(c1cc(Br)ccc1F)C1CCCS1. The molecule has 1 nitrogen and oxygen atoms in total. The quantitative estimate of drug-likeness (QED) is 0.850. The van der Waals surface area contributed by atoms with Gasteiger partial charge in [0.25, 0.3) is 0 Å². The summed E-state index contributed by atoms with van der Waals surface area (Å²) in [4.78, 5) is 0. The van der Waals surface area contributed by atoms with Gasteiger partial charge in [-0.25, -0.2) is 4.39 Å². The minimum absolute atomic E-state index is 0.0979. The van der Waals surface area contributed by atoms with Crippen molar-refractivity contribution in [1.82, 2.24) is 5.32 Å². The number of thioether (sulfide) groups is 1. The van der Waals surface area contributed by atoms with Crippen LogP contribution in [-0.2, 0) is 0 Å². The Morgan fingerprint density at radius 1 is 1.56 bits per heavy atom. The maximum absolute atomic E-state index is 14.0. The molecule has 0 radical (unpaired) electrons. The van der Waals surface area contributed by atoms with E-state index in [0.29, 0.717) is 5.25 Å². The molecule has 1 aliphatic heterocycles.